The summed E-state index contributed by atoms with van der Waals surface area (Å²) < 4.78 is 7.22. The van der Waals surface area contributed by atoms with Crippen molar-refractivity contribution in [2.75, 3.05) is 6.61 Å². The largest absolute Gasteiger partial charge is 0.490 e. The Hall–Kier alpha value is -0.990. The second-order valence-electron chi connectivity index (χ2n) is 3.10. The topological polar surface area (TPSA) is 27.1 Å². The minimum Gasteiger partial charge on any atom is -0.490 e. The van der Waals surface area contributed by atoms with Crippen molar-refractivity contribution >= 4 is 0 Å². The van der Waals surface area contributed by atoms with E-state index >= 15 is 0 Å². The molecule has 1 saturated carbocycles. The molecule has 0 aliphatic heterocycles. The maximum atomic E-state index is 5.47. The fraction of sp³-hybridized carbons (Fsp3) is 0.625. The van der Waals surface area contributed by atoms with Crippen molar-refractivity contribution in [3.63, 3.8) is 0 Å². The molecule has 1 aliphatic rings. The lowest BCUT2D eigenvalue weighted by Crippen LogP contribution is -1.97. The van der Waals surface area contributed by atoms with Gasteiger partial charge in [0, 0.05) is 7.05 Å². The Morgan fingerprint density at radius 3 is 3.09 bits per heavy atom. The zero-order valence-corrected chi connectivity index (χ0v) is 6.66. The van der Waals surface area contributed by atoms with E-state index in [9.17, 15) is 0 Å². The molecule has 0 bridgehead atoms. The summed E-state index contributed by atoms with van der Waals surface area (Å²) in [6, 6.07) is 0. The molecule has 1 aromatic heterocycles. The van der Waals surface area contributed by atoms with Crippen LogP contribution >= 0.6 is 0 Å². The molecule has 0 atom stereocenters. The smallest absolute Gasteiger partial charge is 0.157 e. The van der Waals surface area contributed by atoms with E-state index in [1.807, 2.05) is 13.2 Å². The van der Waals surface area contributed by atoms with Crippen molar-refractivity contribution in [2.24, 2.45) is 13.0 Å². The van der Waals surface area contributed by atoms with E-state index in [4.69, 9.17) is 4.74 Å². The molecule has 1 fully saturated rings. The molecule has 11 heavy (non-hydrogen) atoms. The molecular formula is C8H12N2O. The minimum absolute atomic E-state index is 0.815. The molecule has 0 unspecified atom stereocenters. The fourth-order valence-electron chi connectivity index (χ4n) is 0.972. The van der Waals surface area contributed by atoms with Gasteiger partial charge in [-0.25, -0.2) is 0 Å². The van der Waals surface area contributed by atoms with E-state index in [1.54, 1.807) is 10.9 Å². The molecule has 0 aromatic carbocycles. The van der Waals surface area contributed by atoms with Gasteiger partial charge in [0.15, 0.2) is 5.75 Å². The van der Waals surface area contributed by atoms with Crippen molar-refractivity contribution in [3.8, 4) is 5.75 Å². The Kier molecular flexibility index (Phi) is 1.56. The van der Waals surface area contributed by atoms with E-state index in [-0.39, 0.29) is 0 Å². The summed E-state index contributed by atoms with van der Waals surface area (Å²) >= 11 is 0. The number of nitrogens with zero attached hydrogens (tertiary/aromatic N) is 2. The summed E-state index contributed by atoms with van der Waals surface area (Å²) in [6.45, 7) is 0.867. The summed E-state index contributed by atoms with van der Waals surface area (Å²) in [7, 11) is 1.89. The third-order valence-electron chi connectivity index (χ3n) is 1.86. The Morgan fingerprint density at radius 2 is 2.55 bits per heavy atom. The first kappa shape index (κ1) is 6.70. The number of ether oxygens (including phenoxy) is 1. The molecule has 60 valence electrons. The lowest BCUT2D eigenvalue weighted by molar-refractivity contribution is 0.299. The van der Waals surface area contributed by atoms with E-state index in [2.05, 4.69) is 5.10 Å². The van der Waals surface area contributed by atoms with Gasteiger partial charge in [0.25, 0.3) is 0 Å². The third-order valence-corrected chi connectivity index (χ3v) is 1.86. The van der Waals surface area contributed by atoms with Crippen molar-refractivity contribution in [1.29, 1.82) is 0 Å². The summed E-state index contributed by atoms with van der Waals surface area (Å²) in [5, 5.41) is 4.01. The van der Waals surface area contributed by atoms with Gasteiger partial charge in [0.05, 0.1) is 19.0 Å². The van der Waals surface area contributed by atoms with Crippen molar-refractivity contribution < 1.29 is 4.74 Å². The van der Waals surface area contributed by atoms with Gasteiger partial charge in [-0.05, 0) is 18.8 Å². The molecular weight excluding hydrogens is 140 g/mol. The van der Waals surface area contributed by atoms with Crippen LogP contribution in [-0.2, 0) is 7.05 Å². The predicted molar refractivity (Wildman–Crippen MR) is 41.4 cm³/mol. The van der Waals surface area contributed by atoms with Gasteiger partial charge in [0.2, 0.25) is 0 Å². The molecule has 3 heteroatoms. The van der Waals surface area contributed by atoms with E-state index in [0.29, 0.717) is 0 Å². The molecule has 3 nitrogen and oxygen atoms in total. The molecule has 0 amide bonds. The van der Waals surface area contributed by atoms with Crippen molar-refractivity contribution in [3.05, 3.63) is 12.4 Å². The number of rotatable bonds is 3. The molecule has 1 heterocycles. The van der Waals surface area contributed by atoms with Gasteiger partial charge < -0.3 is 4.74 Å². The standard InChI is InChI=1S/C8H12N2O/c1-10-5-8(4-9-10)11-6-7-2-3-7/h4-5,7H,2-3,6H2,1H3. The molecule has 1 aromatic rings. The monoisotopic (exact) mass is 152 g/mol. The maximum Gasteiger partial charge on any atom is 0.157 e. The number of aromatic nitrogens is 2. The first-order valence-electron chi connectivity index (χ1n) is 3.96. The molecule has 0 saturated heterocycles. The van der Waals surface area contributed by atoms with E-state index in [1.165, 1.54) is 12.8 Å². The number of hydrogen-bond acceptors (Lipinski definition) is 2. The maximum absolute atomic E-state index is 5.47. The molecule has 0 radical (unpaired) electrons. The summed E-state index contributed by atoms with van der Waals surface area (Å²) in [6.07, 6.45) is 6.31. The first-order valence-corrected chi connectivity index (χ1v) is 3.96. The Bertz CT molecular complexity index is 240. The number of hydrogen-bond donors (Lipinski definition) is 0. The van der Waals surface area contributed by atoms with Gasteiger partial charge in [0.1, 0.15) is 0 Å². The summed E-state index contributed by atoms with van der Waals surface area (Å²) in [4.78, 5) is 0. The van der Waals surface area contributed by atoms with Crippen LogP contribution in [0.4, 0.5) is 0 Å². The van der Waals surface area contributed by atoms with Crippen LogP contribution in [-0.4, -0.2) is 16.4 Å². The zero-order valence-electron chi connectivity index (χ0n) is 6.66. The lowest BCUT2D eigenvalue weighted by atomic mass is 10.5. The van der Waals surface area contributed by atoms with E-state index in [0.717, 1.165) is 18.3 Å². The number of aryl methyl sites for hydroxylation is 1. The summed E-state index contributed by atoms with van der Waals surface area (Å²) in [5.41, 5.74) is 0. The van der Waals surface area contributed by atoms with Crippen LogP contribution in [0.3, 0.4) is 0 Å². The Morgan fingerprint density at radius 1 is 1.73 bits per heavy atom. The zero-order chi connectivity index (χ0) is 7.68. The Labute approximate surface area is 66.0 Å². The highest BCUT2D eigenvalue weighted by Crippen LogP contribution is 2.29. The van der Waals surface area contributed by atoms with Crippen LogP contribution in [0.1, 0.15) is 12.8 Å². The van der Waals surface area contributed by atoms with Crippen LogP contribution < -0.4 is 4.74 Å². The molecule has 2 rings (SSSR count). The highest BCUT2D eigenvalue weighted by Gasteiger charge is 2.21. The van der Waals surface area contributed by atoms with Gasteiger partial charge >= 0.3 is 0 Å². The van der Waals surface area contributed by atoms with Crippen molar-refractivity contribution in [1.82, 2.24) is 9.78 Å². The highest BCUT2D eigenvalue weighted by atomic mass is 16.5. The quantitative estimate of drug-likeness (QED) is 0.651. The average Bonchev–Trinajstić information content (AvgIpc) is 2.72. The second kappa shape index (κ2) is 2.57. The highest BCUT2D eigenvalue weighted by molar-refractivity contribution is 5.11. The van der Waals surface area contributed by atoms with Crippen LogP contribution in [0.2, 0.25) is 0 Å². The van der Waals surface area contributed by atoms with Crippen LogP contribution in [0, 0.1) is 5.92 Å². The predicted octanol–water partition coefficient (Wildman–Crippen LogP) is 1.21. The summed E-state index contributed by atoms with van der Waals surface area (Å²) in [5.74, 6) is 1.70. The van der Waals surface area contributed by atoms with Crippen molar-refractivity contribution in [2.45, 2.75) is 12.8 Å². The average molecular weight is 152 g/mol. The third kappa shape index (κ3) is 1.73. The second-order valence-corrected chi connectivity index (χ2v) is 3.10. The SMILES string of the molecule is Cn1cc(OCC2CC2)cn1. The lowest BCUT2D eigenvalue weighted by Gasteiger charge is -1.98. The van der Waals surface area contributed by atoms with Gasteiger partial charge in [-0.1, -0.05) is 0 Å². The van der Waals surface area contributed by atoms with Gasteiger partial charge in [-0.2, -0.15) is 5.10 Å². The normalized spacial score (nSPS) is 16.8. The molecule has 0 spiro atoms. The minimum atomic E-state index is 0.815. The van der Waals surface area contributed by atoms with Gasteiger partial charge in [-0.15, -0.1) is 0 Å². The van der Waals surface area contributed by atoms with Crippen LogP contribution in [0.15, 0.2) is 12.4 Å². The first-order chi connectivity index (χ1) is 5.34. The fourth-order valence-corrected chi connectivity index (χ4v) is 0.972. The Balaban J connectivity index is 1.85. The van der Waals surface area contributed by atoms with Crippen LogP contribution in [0.5, 0.6) is 5.75 Å². The van der Waals surface area contributed by atoms with Gasteiger partial charge in [-0.3, -0.25) is 4.68 Å². The van der Waals surface area contributed by atoms with Crippen LogP contribution in [0.25, 0.3) is 0 Å². The molecule has 1 aliphatic carbocycles. The molecule has 0 N–H and O–H groups in total. The van der Waals surface area contributed by atoms with E-state index < -0.39 is 0 Å².